The smallest absolute Gasteiger partial charge is 0.225 e. The first-order chi connectivity index (χ1) is 10.4. The highest BCUT2D eigenvalue weighted by Gasteiger charge is 2.29. The molecule has 2 rings (SSSR count). The number of nitrogens with zero attached hydrogens (tertiary/aromatic N) is 1. The maximum absolute atomic E-state index is 12.0. The van der Waals surface area contributed by atoms with Gasteiger partial charge in [-0.3, -0.25) is 4.79 Å². The van der Waals surface area contributed by atoms with Crippen LogP contribution in [-0.2, 0) is 14.8 Å². The molecule has 1 aromatic rings. The number of nitrogens with one attached hydrogen (secondary N) is 1. The molecular weight excluding hydrogens is 324 g/mol. The van der Waals surface area contributed by atoms with Crippen molar-refractivity contribution in [3.63, 3.8) is 0 Å². The van der Waals surface area contributed by atoms with Crippen molar-refractivity contribution in [3.05, 3.63) is 29.3 Å². The summed E-state index contributed by atoms with van der Waals surface area (Å²) >= 11 is 5.86. The molecule has 0 aromatic heterocycles. The number of carbonyl (C=O) groups is 1. The summed E-state index contributed by atoms with van der Waals surface area (Å²) in [4.78, 5) is 12.0. The molecule has 0 unspecified atom stereocenters. The lowest BCUT2D eigenvalue weighted by Gasteiger charge is -2.26. The summed E-state index contributed by atoms with van der Waals surface area (Å²) in [6.07, 6.45) is 5.19. The molecule has 122 valence electrons. The number of halogens is 1. The molecule has 0 atom stereocenters. The highest BCUT2D eigenvalue weighted by atomic mass is 35.5. The van der Waals surface area contributed by atoms with E-state index < -0.39 is 10.0 Å². The van der Waals surface area contributed by atoms with Gasteiger partial charge in [-0.25, -0.2) is 8.42 Å². The highest BCUT2D eigenvalue weighted by molar-refractivity contribution is 7.88. The van der Waals surface area contributed by atoms with Crippen LogP contribution in [0, 0.1) is 0 Å². The van der Waals surface area contributed by atoms with Gasteiger partial charge < -0.3 is 5.32 Å². The average Bonchev–Trinajstić information content (AvgIpc) is 2.91. The lowest BCUT2D eigenvalue weighted by molar-refractivity contribution is -0.116. The van der Waals surface area contributed by atoms with Gasteiger partial charge in [0.05, 0.1) is 6.26 Å². The molecule has 1 N–H and O–H groups in total. The molecule has 0 saturated heterocycles. The van der Waals surface area contributed by atoms with Crippen molar-refractivity contribution < 1.29 is 13.2 Å². The lowest BCUT2D eigenvalue weighted by Crippen LogP contribution is -2.39. The number of benzene rings is 1. The van der Waals surface area contributed by atoms with Gasteiger partial charge in [0.25, 0.3) is 0 Å². The van der Waals surface area contributed by atoms with Crippen LogP contribution in [0.2, 0.25) is 5.02 Å². The second-order valence-electron chi connectivity index (χ2n) is 5.62. The van der Waals surface area contributed by atoms with Crippen molar-refractivity contribution in [1.29, 1.82) is 0 Å². The molecule has 0 bridgehead atoms. The Bertz CT molecular complexity index is 627. The zero-order chi connectivity index (χ0) is 16.2. The molecule has 5 nitrogen and oxygen atoms in total. The van der Waals surface area contributed by atoms with Crippen LogP contribution in [0.1, 0.15) is 32.1 Å². The Morgan fingerprint density at radius 3 is 2.64 bits per heavy atom. The van der Waals surface area contributed by atoms with Crippen molar-refractivity contribution in [2.45, 2.75) is 38.1 Å². The van der Waals surface area contributed by atoms with Crippen LogP contribution in [0.5, 0.6) is 0 Å². The Morgan fingerprint density at radius 1 is 1.36 bits per heavy atom. The SMILES string of the molecule is CS(=O)(=O)N(CCC(=O)Nc1cccc(Cl)c1)C1CCCC1. The molecule has 1 aliphatic rings. The third-order valence-electron chi connectivity index (χ3n) is 3.83. The first kappa shape index (κ1) is 17.2. The van der Waals surface area contributed by atoms with Crippen LogP contribution in [-0.4, -0.2) is 37.5 Å². The third-order valence-corrected chi connectivity index (χ3v) is 5.39. The zero-order valence-corrected chi connectivity index (χ0v) is 14.2. The van der Waals surface area contributed by atoms with Crippen molar-refractivity contribution >= 4 is 33.2 Å². The number of carbonyl (C=O) groups excluding carboxylic acids is 1. The maximum atomic E-state index is 12.0. The molecule has 0 aliphatic heterocycles. The fraction of sp³-hybridized carbons (Fsp3) is 0.533. The Kier molecular flexibility index (Phi) is 5.83. The molecule has 7 heteroatoms. The van der Waals surface area contributed by atoms with Crippen LogP contribution < -0.4 is 5.32 Å². The molecule has 22 heavy (non-hydrogen) atoms. The van der Waals surface area contributed by atoms with Crippen molar-refractivity contribution in [3.8, 4) is 0 Å². The lowest BCUT2D eigenvalue weighted by atomic mass is 10.2. The number of hydrogen-bond acceptors (Lipinski definition) is 3. The Labute approximate surface area is 136 Å². The zero-order valence-electron chi connectivity index (χ0n) is 12.6. The van der Waals surface area contributed by atoms with E-state index in [1.165, 1.54) is 10.6 Å². The molecule has 0 radical (unpaired) electrons. The normalized spacial score (nSPS) is 16.1. The summed E-state index contributed by atoms with van der Waals surface area (Å²) in [5.41, 5.74) is 0.615. The number of hydrogen-bond donors (Lipinski definition) is 1. The Morgan fingerprint density at radius 2 is 2.05 bits per heavy atom. The molecular formula is C15H21ClN2O3S. The van der Waals surface area contributed by atoms with E-state index in [0.717, 1.165) is 25.7 Å². The molecule has 1 amide bonds. The van der Waals surface area contributed by atoms with E-state index in [1.54, 1.807) is 24.3 Å². The second-order valence-corrected chi connectivity index (χ2v) is 7.99. The summed E-state index contributed by atoms with van der Waals surface area (Å²) < 4.78 is 25.3. The minimum absolute atomic E-state index is 0.0361. The van der Waals surface area contributed by atoms with Gasteiger partial charge in [-0.2, -0.15) is 4.31 Å². The monoisotopic (exact) mass is 344 g/mol. The topological polar surface area (TPSA) is 66.5 Å². The number of rotatable bonds is 6. The molecule has 0 heterocycles. The van der Waals surface area contributed by atoms with Gasteiger partial charge >= 0.3 is 0 Å². The van der Waals surface area contributed by atoms with Gasteiger partial charge in [-0.15, -0.1) is 0 Å². The van der Waals surface area contributed by atoms with Crippen LogP contribution in [0.3, 0.4) is 0 Å². The van der Waals surface area contributed by atoms with E-state index in [2.05, 4.69) is 5.32 Å². The number of amides is 1. The van der Waals surface area contributed by atoms with E-state index in [1.807, 2.05) is 0 Å². The van der Waals surface area contributed by atoms with Crippen LogP contribution in [0.15, 0.2) is 24.3 Å². The fourth-order valence-corrected chi connectivity index (χ4v) is 4.18. The summed E-state index contributed by atoms with van der Waals surface area (Å²) in [6, 6.07) is 6.91. The van der Waals surface area contributed by atoms with E-state index in [9.17, 15) is 13.2 Å². The van der Waals surface area contributed by atoms with Gasteiger partial charge in [-0.1, -0.05) is 30.5 Å². The van der Waals surface area contributed by atoms with Gasteiger partial charge in [0.2, 0.25) is 15.9 Å². The van der Waals surface area contributed by atoms with Gasteiger partial charge in [0.1, 0.15) is 0 Å². The minimum atomic E-state index is -3.29. The van der Waals surface area contributed by atoms with Gasteiger partial charge in [0.15, 0.2) is 0 Å². The summed E-state index contributed by atoms with van der Waals surface area (Å²) in [5, 5.41) is 3.28. The first-order valence-electron chi connectivity index (χ1n) is 7.38. The predicted octanol–water partition coefficient (Wildman–Crippen LogP) is 2.87. The Hall–Kier alpha value is -1.11. The van der Waals surface area contributed by atoms with Crippen molar-refractivity contribution in [1.82, 2.24) is 4.31 Å². The van der Waals surface area contributed by atoms with Crippen LogP contribution in [0.4, 0.5) is 5.69 Å². The molecule has 0 spiro atoms. The molecule has 1 saturated carbocycles. The summed E-state index contributed by atoms with van der Waals surface area (Å²) in [7, 11) is -3.29. The predicted molar refractivity (Wildman–Crippen MR) is 88.5 cm³/mol. The van der Waals surface area contributed by atoms with E-state index in [4.69, 9.17) is 11.6 Å². The number of sulfonamides is 1. The van der Waals surface area contributed by atoms with E-state index in [-0.39, 0.29) is 24.9 Å². The second kappa shape index (κ2) is 7.44. The summed E-state index contributed by atoms with van der Waals surface area (Å²) in [6.45, 7) is 0.218. The largest absolute Gasteiger partial charge is 0.326 e. The van der Waals surface area contributed by atoms with Gasteiger partial charge in [-0.05, 0) is 31.0 Å². The molecule has 1 aliphatic carbocycles. The quantitative estimate of drug-likeness (QED) is 0.862. The van der Waals surface area contributed by atoms with E-state index in [0.29, 0.717) is 10.7 Å². The van der Waals surface area contributed by atoms with Crippen LogP contribution in [0.25, 0.3) is 0 Å². The first-order valence-corrected chi connectivity index (χ1v) is 9.61. The maximum Gasteiger partial charge on any atom is 0.225 e. The fourth-order valence-electron chi connectivity index (χ4n) is 2.81. The average molecular weight is 345 g/mol. The third kappa shape index (κ3) is 4.97. The van der Waals surface area contributed by atoms with Crippen molar-refractivity contribution in [2.24, 2.45) is 0 Å². The number of anilines is 1. The standard InChI is InChI=1S/C15H21ClN2O3S/c1-22(20,21)18(14-7-2-3-8-14)10-9-15(19)17-13-6-4-5-12(16)11-13/h4-6,11,14H,2-3,7-10H2,1H3,(H,17,19). The van der Waals surface area contributed by atoms with Crippen LogP contribution >= 0.6 is 11.6 Å². The minimum Gasteiger partial charge on any atom is -0.326 e. The van der Waals surface area contributed by atoms with Gasteiger partial charge in [0, 0.05) is 29.7 Å². The molecule has 1 aromatic carbocycles. The summed E-state index contributed by atoms with van der Waals surface area (Å²) in [5.74, 6) is -0.214. The Balaban J connectivity index is 1.93. The van der Waals surface area contributed by atoms with Crippen molar-refractivity contribution in [2.75, 3.05) is 18.1 Å². The molecule has 1 fully saturated rings. The van der Waals surface area contributed by atoms with E-state index >= 15 is 0 Å². The highest BCUT2D eigenvalue weighted by Crippen LogP contribution is 2.25.